The van der Waals surface area contributed by atoms with Crippen LogP contribution in [-0.4, -0.2) is 95.5 Å². The van der Waals surface area contributed by atoms with Crippen LogP contribution in [0.4, 0.5) is 17.2 Å². The van der Waals surface area contributed by atoms with Gasteiger partial charge in [0.2, 0.25) is 5.91 Å². The van der Waals surface area contributed by atoms with Gasteiger partial charge in [-0.1, -0.05) is 66.2 Å². The fourth-order valence-corrected chi connectivity index (χ4v) is 9.78. The first kappa shape index (κ1) is 42.1. The summed E-state index contributed by atoms with van der Waals surface area (Å²) in [6.45, 7) is 4.08. The molecule has 5 aromatic rings. The number of carbonyl (C=O) groups is 1. The van der Waals surface area contributed by atoms with E-state index in [1.54, 1.807) is 14.1 Å². The molecule has 3 heterocycles. The second-order valence-electron chi connectivity index (χ2n) is 15.0. The van der Waals surface area contributed by atoms with Crippen LogP contribution in [0.1, 0.15) is 36.1 Å². The molecule has 1 saturated heterocycles. The van der Waals surface area contributed by atoms with Gasteiger partial charge in [0.05, 0.1) is 15.5 Å². The van der Waals surface area contributed by atoms with Crippen molar-refractivity contribution < 1.29 is 18.1 Å². The van der Waals surface area contributed by atoms with E-state index in [9.17, 15) is 23.3 Å². The highest BCUT2D eigenvalue weighted by Gasteiger charge is 2.31. The van der Waals surface area contributed by atoms with E-state index in [0.29, 0.717) is 24.8 Å². The van der Waals surface area contributed by atoms with Gasteiger partial charge in [0.15, 0.2) is 0 Å². The Balaban J connectivity index is 0.993. The van der Waals surface area contributed by atoms with Crippen LogP contribution in [0.3, 0.4) is 0 Å². The third-order valence-electron chi connectivity index (χ3n) is 10.9. The van der Waals surface area contributed by atoms with E-state index in [1.165, 1.54) is 46.2 Å². The van der Waals surface area contributed by atoms with Gasteiger partial charge in [0.25, 0.3) is 15.7 Å². The van der Waals surface area contributed by atoms with Crippen molar-refractivity contribution in [1.29, 1.82) is 0 Å². The van der Waals surface area contributed by atoms with Crippen molar-refractivity contribution in [2.75, 3.05) is 49.5 Å². The highest BCUT2D eigenvalue weighted by molar-refractivity contribution is 7.99. The van der Waals surface area contributed by atoms with Crippen molar-refractivity contribution >= 4 is 56.5 Å². The van der Waals surface area contributed by atoms with Crippen molar-refractivity contribution in [2.24, 2.45) is 0 Å². The first-order valence-corrected chi connectivity index (χ1v) is 22.4. The van der Waals surface area contributed by atoms with Gasteiger partial charge in [-0.25, -0.2) is 18.4 Å². The number of fused-ring (bicyclic) bond motifs is 1. The average molecular weight is 855 g/mol. The fraction of sp³-hybridized carbons (Fsp3) is 0.326. The van der Waals surface area contributed by atoms with E-state index >= 15 is 0 Å². The van der Waals surface area contributed by atoms with Gasteiger partial charge in [-0.15, -0.1) is 11.8 Å². The molecule has 2 aliphatic heterocycles. The van der Waals surface area contributed by atoms with Crippen molar-refractivity contribution in [1.82, 2.24) is 24.7 Å². The molecule has 2 aliphatic rings. The molecular weight excluding hydrogens is 808 g/mol. The Bertz CT molecular complexity index is 2380. The molecule has 0 unspecified atom stereocenters. The number of hydrogen-bond acceptors (Lipinski definition) is 11. The van der Waals surface area contributed by atoms with E-state index in [0.717, 1.165) is 71.8 Å². The van der Waals surface area contributed by atoms with Crippen LogP contribution in [-0.2, 0) is 34.3 Å². The normalized spacial score (nSPS) is 15.6. The van der Waals surface area contributed by atoms with Crippen LogP contribution in [0.15, 0.2) is 113 Å². The lowest BCUT2D eigenvalue weighted by atomic mass is 9.96. The number of rotatable bonds is 15. The number of carbonyl (C=O) groups excluding carboxylic acids is 1. The second kappa shape index (κ2) is 18.9. The molecule has 2 N–H and O–H groups in total. The maximum Gasteiger partial charge on any atom is 0.293 e. The average Bonchev–Trinajstić information content (AvgIpc) is 3.23. The molecule has 0 saturated carbocycles. The van der Waals surface area contributed by atoms with Crippen LogP contribution in [0.2, 0.25) is 5.02 Å². The Morgan fingerprint density at radius 1 is 0.983 bits per heavy atom. The molecule has 1 fully saturated rings. The Labute approximate surface area is 354 Å². The monoisotopic (exact) mass is 854 g/mol. The maximum atomic E-state index is 13.8. The third kappa shape index (κ3) is 10.6. The SMILES string of the molecule is CN(C)C(=O)C[C@H](CSc1ccccc1)Nc1ccc(S(=O)(=O)Nc2ncnc3c2CCN(C2CCN(Cc4ccccc4-c4ccc(Cl)cc4)CC2)C3)cc1[N+](=O)[O-]. The van der Waals surface area contributed by atoms with Crippen LogP contribution < -0.4 is 10.0 Å². The number of halogens is 1. The standard InChI is InChI=1S/C43H47ClN8O5S2/c1-49(2)42(53)24-33(28-58-35-9-4-3-5-10-35)47-39-17-16-36(25-41(39)52(54)55)59(56,57)48-43-38-20-23-51(27-40(38)45-29-46-43)34-18-21-50(22-19-34)26-31-8-6-7-11-37(31)30-12-14-32(44)15-13-30/h3-17,25,29,33-34,47H,18-24,26-28H2,1-2H3,(H,45,46,48)/t33-/m1/s1. The summed E-state index contributed by atoms with van der Waals surface area (Å²) in [4.78, 5) is 40.4. The van der Waals surface area contributed by atoms with E-state index in [-0.39, 0.29) is 28.7 Å². The lowest BCUT2D eigenvalue weighted by Crippen LogP contribution is -2.46. The van der Waals surface area contributed by atoms with Crippen molar-refractivity contribution in [3.05, 3.63) is 135 Å². The molecule has 0 spiro atoms. The molecule has 1 atom stereocenters. The molecule has 0 radical (unpaired) electrons. The minimum absolute atomic E-state index is 0.0852. The van der Waals surface area contributed by atoms with Gasteiger partial charge in [-0.2, -0.15) is 0 Å². The number of hydrogen-bond donors (Lipinski definition) is 2. The lowest BCUT2D eigenvalue weighted by molar-refractivity contribution is -0.384. The minimum atomic E-state index is -4.28. The quantitative estimate of drug-likeness (QED) is 0.0609. The number of nitro groups is 1. The van der Waals surface area contributed by atoms with Gasteiger partial charge in [-0.05, 0) is 85.4 Å². The zero-order chi connectivity index (χ0) is 41.5. The van der Waals surface area contributed by atoms with Crippen LogP contribution in [0.5, 0.6) is 0 Å². The van der Waals surface area contributed by atoms with Crippen LogP contribution in [0, 0.1) is 10.1 Å². The predicted molar refractivity (Wildman–Crippen MR) is 233 cm³/mol. The van der Waals surface area contributed by atoms with E-state index < -0.39 is 26.7 Å². The van der Waals surface area contributed by atoms with Crippen LogP contribution in [0.25, 0.3) is 11.1 Å². The Morgan fingerprint density at radius 2 is 1.71 bits per heavy atom. The molecule has 308 valence electrons. The van der Waals surface area contributed by atoms with Crippen molar-refractivity contribution in [3.63, 3.8) is 0 Å². The van der Waals surface area contributed by atoms with Crippen molar-refractivity contribution in [3.8, 4) is 11.1 Å². The predicted octanol–water partition coefficient (Wildman–Crippen LogP) is 7.58. The number of anilines is 2. The van der Waals surface area contributed by atoms with Crippen LogP contribution >= 0.6 is 23.4 Å². The molecule has 1 aromatic heterocycles. The maximum absolute atomic E-state index is 13.8. The largest absolute Gasteiger partial charge is 0.375 e. The molecule has 0 aliphatic carbocycles. The van der Waals surface area contributed by atoms with Gasteiger partial charge in [0, 0.05) is 79.5 Å². The number of benzene rings is 4. The first-order valence-electron chi connectivity index (χ1n) is 19.5. The number of nitrogens with one attached hydrogen (secondary N) is 2. The number of likely N-dealkylation sites (tertiary alicyclic amines) is 1. The number of thioether (sulfide) groups is 1. The summed E-state index contributed by atoms with van der Waals surface area (Å²) in [5.74, 6) is 0.472. The lowest BCUT2D eigenvalue weighted by Gasteiger charge is -2.40. The van der Waals surface area contributed by atoms with Gasteiger partial charge < -0.3 is 10.2 Å². The first-order chi connectivity index (χ1) is 28.4. The summed E-state index contributed by atoms with van der Waals surface area (Å²) in [7, 11) is -0.970. The highest BCUT2D eigenvalue weighted by atomic mass is 35.5. The molecule has 0 bridgehead atoms. The zero-order valence-electron chi connectivity index (χ0n) is 33.0. The topological polar surface area (TPSA) is 154 Å². The number of amides is 1. The molecule has 4 aromatic carbocycles. The number of aromatic nitrogens is 2. The smallest absolute Gasteiger partial charge is 0.293 e. The fourth-order valence-electron chi connectivity index (χ4n) is 7.64. The summed E-state index contributed by atoms with van der Waals surface area (Å²) in [6, 6.07) is 29.7. The van der Waals surface area contributed by atoms with E-state index in [2.05, 4.69) is 66.2 Å². The van der Waals surface area contributed by atoms with E-state index in [1.807, 2.05) is 42.5 Å². The summed E-state index contributed by atoms with van der Waals surface area (Å²) in [6.07, 6.45) is 4.01. The molecule has 13 nitrogen and oxygen atoms in total. The Hall–Kier alpha value is -5.06. The summed E-state index contributed by atoms with van der Waals surface area (Å²) in [5, 5.41) is 16.2. The minimum Gasteiger partial charge on any atom is -0.375 e. The van der Waals surface area contributed by atoms with Gasteiger partial charge in [0.1, 0.15) is 17.8 Å². The Kier molecular flexibility index (Phi) is 13.5. The number of sulfonamides is 1. The molecule has 16 heteroatoms. The number of piperidine rings is 1. The van der Waals surface area contributed by atoms with Crippen molar-refractivity contribution in [2.45, 2.75) is 60.6 Å². The molecule has 59 heavy (non-hydrogen) atoms. The molecule has 7 rings (SSSR count). The van der Waals surface area contributed by atoms with Gasteiger partial charge >= 0.3 is 0 Å². The summed E-state index contributed by atoms with van der Waals surface area (Å²) in [5.41, 5.74) is 4.83. The third-order valence-corrected chi connectivity index (χ3v) is 13.6. The van der Waals surface area contributed by atoms with E-state index in [4.69, 9.17) is 11.6 Å². The highest BCUT2D eigenvalue weighted by Crippen LogP contribution is 2.33. The Morgan fingerprint density at radius 3 is 2.44 bits per heavy atom. The summed E-state index contributed by atoms with van der Waals surface area (Å²) < 4.78 is 30.2. The molecular formula is C43H47ClN8O5S2. The van der Waals surface area contributed by atoms with Gasteiger partial charge in [-0.3, -0.25) is 29.4 Å². The number of nitrogens with zero attached hydrogens (tertiary/aromatic N) is 6. The molecule has 1 amide bonds. The second-order valence-corrected chi connectivity index (χ2v) is 18.3. The number of nitro benzene ring substituents is 1. The summed E-state index contributed by atoms with van der Waals surface area (Å²) >= 11 is 7.66. The zero-order valence-corrected chi connectivity index (χ0v) is 35.3.